The first-order valence-electron chi connectivity index (χ1n) is 13.8. The van der Waals surface area contributed by atoms with Crippen LogP contribution in [0.5, 0.6) is 0 Å². The molecule has 1 amide bonds. The molecule has 0 saturated carbocycles. The molecule has 42 heavy (non-hydrogen) atoms. The van der Waals surface area contributed by atoms with Crippen molar-refractivity contribution in [2.75, 3.05) is 23.7 Å². The number of aromatic nitrogens is 4. The topological polar surface area (TPSA) is 110 Å². The number of aryl methyl sites for hydroxylation is 1. The smallest absolute Gasteiger partial charge is 0.355 e. The SMILES string of the molecule is C=CC(=O)N1C[C@H](C)N(c2nc(=O)n(-c3c(C)ccnc3C(C)C)c3nc(-c4c(N)cccc4F)c(Cl)cc23)[C@@H](C)C1. The summed E-state index contributed by atoms with van der Waals surface area (Å²) in [6.07, 6.45) is 3.00. The Labute approximate surface area is 248 Å². The average Bonchev–Trinajstić information content (AvgIpc) is 2.93. The van der Waals surface area contributed by atoms with Crippen molar-refractivity contribution in [3.63, 3.8) is 0 Å². The Morgan fingerprint density at radius 3 is 2.50 bits per heavy atom. The second-order valence-corrected chi connectivity index (χ2v) is 11.4. The molecule has 1 saturated heterocycles. The van der Waals surface area contributed by atoms with E-state index in [0.29, 0.717) is 35.7 Å². The van der Waals surface area contributed by atoms with Crippen molar-refractivity contribution in [1.82, 2.24) is 24.4 Å². The molecule has 0 bridgehead atoms. The van der Waals surface area contributed by atoms with Gasteiger partial charge in [0, 0.05) is 37.1 Å². The Morgan fingerprint density at radius 2 is 1.88 bits per heavy atom. The van der Waals surface area contributed by atoms with Gasteiger partial charge in [0.2, 0.25) is 5.91 Å². The van der Waals surface area contributed by atoms with E-state index >= 15 is 4.39 Å². The number of fused-ring (bicyclic) bond motifs is 1. The molecule has 1 aliphatic rings. The van der Waals surface area contributed by atoms with E-state index in [9.17, 15) is 9.59 Å². The Kier molecular flexibility index (Phi) is 7.76. The molecule has 4 heterocycles. The summed E-state index contributed by atoms with van der Waals surface area (Å²) >= 11 is 6.81. The van der Waals surface area contributed by atoms with Crippen LogP contribution >= 0.6 is 11.6 Å². The molecule has 1 aliphatic heterocycles. The van der Waals surface area contributed by atoms with E-state index in [1.807, 2.05) is 45.6 Å². The average molecular weight is 590 g/mol. The summed E-state index contributed by atoms with van der Waals surface area (Å²) in [5, 5.41) is 0.652. The molecule has 4 aromatic rings. The van der Waals surface area contributed by atoms with E-state index in [4.69, 9.17) is 22.3 Å². The normalized spacial score (nSPS) is 17.2. The van der Waals surface area contributed by atoms with Crippen molar-refractivity contribution < 1.29 is 9.18 Å². The highest BCUT2D eigenvalue weighted by atomic mass is 35.5. The zero-order chi connectivity index (χ0) is 30.5. The summed E-state index contributed by atoms with van der Waals surface area (Å²) in [6.45, 7) is 14.2. The lowest BCUT2D eigenvalue weighted by Gasteiger charge is -2.45. The minimum absolute atomic E-state index is 0.0222. The van der Waals surface area contributed by atoms with Crippen LogP contribution in [0.2, 0.25) is 5.02 Å². The highest BCUT2D eigenvalue weighted by molar-refractivity contribution is 6.34. The lowest BCUT2D eigenvalue weighted by atomic mass is 10.0. The van der Waals surface area contributed by atoms with Crippen LogP contribution in [0.4, 0.5) is 15.9 Å². The van der Waals surface area contributed by atoms with Gasteiger partial charge in [-0.15, -0.1) is 0 Å². The van der Waals surface area contributed by atoms with Gasteiger partial charge in [0.15, 0.2) is 5.65 Å². The molecule has 0 radical (unpaired) electrons. The monoisotopic (exact) mass is 589 g/mol. The number of nitrogens with zero attached hydrogens (tertiary/aromatic N) is 6. The van der Waals surface area contributed by atoms with Crippen molar-refractivity contribution in [2.24, 2.45) is 0 Å². The zero-order valence-electron chi connectivity index (χ0n) is 24.2. The third-order valence-corrected chi connectivity index (χ3v) is 7.95. The fourth-order valence-electron chi connectivity index (χ4n) is 5.80. The van der Waals surface area contributed by atoms with Gasteiger partial charge in [-0.3, -0.25) is 9.78 Å². The van der Waals surface area contributed by atoms with Crippen LogP contribution in [0.15, 0.2) is 54.0 Å². The number of pyridine rings is 2. The number of rotatable bonds is 5. The van der Waals surface area contributed by atoms with Crippen LogP contribution in [-0.2, 0) is 4.79 Å². The van der Waals surface area contributed by atoms with Crippen LogP contribution < -0.4 is 16.3 Å². The Morgan fingerprint density at radius 1 is 1.19 bits per heavy atom. The maximum atomic E-state index is 15.1. The minimum atomic E-state index is -0.586. The molecule has 9 nitrogen and oxygen atoms in total. The van der Waals surface area contributed by atoms with Gasteiger partial charge in [0.25, 0.3) is 0 Å². The maximum Gasteiger partial charge on any atom is 0.355 e. The van der Waals surface area contributed by atoms with Crippen LogP contribution in [-0.4, -0.2) is 55.5 Å². The Hall–Kier alpha value is -4.31. The molecule has 3 aromatic heterocycles. The molecular formula is C31H33ClFN7O2. The van der Waals surface area contributed by atoms with Gasteiger partial charge in [-0.25, -0.2) is 18.7 Å². The third kappa shape index (κ3) is 4.89. The van der Waals surface area contributed by atoms with E-state index in [-0.39, 0.29) is 51.5 Å². The number of hydrogen-bond donors (Lipinski definition) is 1. The number of amides is 1. The molecule has 5 rings (SSSR count). The first-order valence-corrected chi connectivity index (χ1v) is 14.2. The number of nitrogens with two attached hydrogens (primary N) is 1. The van der Waals surface area contributed by atoms with Gasteiger partial charge in [-0.1, -0.05) is 38.1 Å². The lowest BCUT2D eigenvalue weighted by Crippen LogP contribution is -2.58. The number of nitrogen functional groups attached to an aromatic ring is 1. The summed E-state index contributed by atoms with van der Waals surface area (Å²) < 4.78 is 16.6. The summed E-state index contributed by atoms with van der Waals surface area (Å²) in [5.74, 6) is -0.387. The van der Waals surface area contributed by atoms with Gasteiger partial charge < -0.3 is 15.5 Å². The first-order chi connectivity index (χ1) is 19.9. The molecular weight excluding hydrogens is 557 g/mol. The number of hydrogen-bond acceptors (Lipinski definition) is 7. The second kappa shape index (κ2) is 11.2. The number of piperazine rings is 1. The maximum absolute atomic E-state index is 15.1. The highest BCUT2D eigenvalue weighted by Gasteiger charge is 2.34. The second-order valence-electron chi connectivity index (χ2n) is 11.0. The number of halogens is 2. The van der Waals surface area contributed by atoms with E-state index in [2.05, 4.69) is 16.5 Å². The molecule has 2 N–H and O–H groups in total. The number of benzene rings is 1. The van der Waals surface area contributed by atoms with Gasteiger partial charge >= 0.3 is 5.69 Å². The van der Waals surface area contributed by atoms with Crippen LogP contribution in [0.3, 0.4) is 0 Å². The van der Waals surface area contributed by atoms with Crippen LogP contribution in [0.25, 0.3) is 28.0 Å². The summed E-state index contributed by atoms with van der Waals surface area (Å²) in [4.78, 5) is 44.2. The Balaban J connectivity index is 1.86. The lowest BCUT2D eigenvalue weighted by molar-refractivity contribution is -0.127. The van der Waals surface area contributed by atoms with Crippen molar-refractivity contribution in [3.8, 4) is 16.9 Å². The number of anilines is 2. The summed E-state index contributed by atoms with van der Waals surface area (Å²) in [5.41, 5.74) is 8.24. The van der Waals surface area contributed by atoms with E-state index in [0.717, 1.165) is 5.56 Å². The number of carbonyl (C=O) groups excluding carboxylic acids is 1. The Bertz CT molecular complexity index is 1760. The summed E-state index contributed by atoms with van der Waals surface area (Å²) in [7, 11) is 0. The molecule has 0 spiro atoms. The molecule has 0 aliphatic carbocycles. The van der Waals surface area contributed by atoms with E-state index < -0.39 is 11.5 Å². The quantitative estimate of drug-likeness (QED) is 0.250. The standard InChI is InChI=1S/C31H33ClFN7O2/c1-7-24(41)38-14-18(5)39(19(6)15-38)30-20-13-21(32)27(25-22(33)9-8-10-23(25)34)36-29(20)40(31(42)37-30)28-17(4)11-12-35-26(28)16(2)3/h7-13,16,18-19H,1,14-15,34H2,2-6H3/t18-,19-/m0/s1. The molecule has 1 fully saturated rings. The van der Waals surface area contributed by atoms with E-state index in [1.54, 1.807) is 23.2 Å². The zero-order valence-corrected chi connectivity index (χ0v) is 25.0. The minimum Gasteiger partial charge on any atom is -0.398 e. The van der Waals surface area contributed by atoms with Gasteiger partial charge in [0.05, 0.1) is 33.0 Å². The fraction of sp³-hybridized carbons (Fsp3) is 0.323. The summed E-state index contributed by atoms with van der Waals surface area (Å²) in [6, 6.07) is 7.44. The van der Waals surface area contributed by atoms with Crippen molar-refractivity contribution >= 4 is 40.0 Å². The van der Waals surface area contributed by atoms with Gasteiger partial charge in [0.1, 0.15) is 11.6 Å². The fourth-order valence-corrected chi connectivity index (χ4v) is 6.05. The van der Waals surface area contributed by atoms with Crippen molar-refractivity contribution in [1.29, 1.82) is 0 Å². The predicted molar refractivity (Wildman–Crippen MR) is 165 cm³/mol. The molecule has 0 unspecified atom stereocenters. The van der Waals surface area contributed by atoms with Gasteiger partial charge in [-0.2, -0.15) is 4.98 Å². The van der Waals surface area contributed by atoms with E-state index in [1.165, 1.54) is 22.8 Å². The van der Waals surface area contributed by atoms with Crippen LogP contribution in [0.1, 0.15) is 44.9 Å². The molecule has 218 valence electrons. The van der Waals surface area contributed by atoms with Crippen molar-refractivity contribution in [2.45, 2.75) is 52.6 Å². The molecule has 1 aromatic carbocycles. The molecule has 2 atom stereocenters. The van der Waals surface area contributed by atoms with Gasteiger partial charge in [-0.05, 0) is 62.6 Å². The van der Waals surface area contributed by atoms with Crippen LogP contribution in [0, 0.1) is 12.7 Å². The largest absolute Gasteiger partial charge is 0.398 e. The first kappa shape index (κ1) is 29.2. The predicted octanol–water partition coefficient (Wildman–Crippen LogP) is 5.26. The molecule has 11 heteroatoms. The highest BCUT2D eigenvalue weighted by Crippen LogP contribution is 2.38. The number of carbonyl (C=O) groups is 1. The third-order valence-electron chi connectivity index (χ3n) is 7.66. The van der Waals surface area contributed by atoms with Crippen molar-refractivity contribution in [3.05, 3.63) is 81.8 Å².